The number of amides is 2. The molecule has 146 valence electrons. The van der Waals surface area contributed by atoms with Crippen LogP contribution in [0.3, 0.4) is 0 Å². The minimum Gasteiger partial charge on any atom is -0.372 e. The SMILES string of the molecule is Cc1ccc(NC(=O)CN2C(=O)C(O)(c3ccccc3)c3ccccc32)c(C)c1. The molecule has 3 aromatic carbocycles. The van der Waals surface area contributed by atoms with Gasteiger partial charge in [0.25, 0.3) is 5.91 Å². The molecule has 0 aliphatic carbocycles. The summed E-state index contributed by atoms with van der Waals surface area (Å²) in [6.07, 6.45) is 0. The highest BCUT2D eigenvalue weighted by molar-refractivity contribution is 6.12. The van der Waals surface area contributed by atoms with Gasteiger partial charge in [-0.1, -0.05) is 66.2 Å². The van der Waals surface area contributed by atoms with Gasteiger partial charge in [-0.25, -0.2) is 0 Å². The van der Waals surface area contributed by atoms with Gasteiger partial charge in [0.2, 0.25) is 5.91 Å². The van der Waals surface area contributed by atoms with Crippen LogP contribution in [0.4, 0.5) is 11.4 Å². The fourth-order valence-electron chi connectivity index (χ4n) is 3.84. The number of hydrogen-bond donors (Lipinski definition) is 2. The highest BCUT2D eigenvalue weighted by Gasteiger charge is 2.51. The van der Waals surface area contributed by atoms with Gasteiger partial charge in [0.15, 0.2) is 5.60 Å². The standard InChI is InChI=1S/C24H22N2O3/c1-16-12-13-20(17(2)14-16)25-22(27)15-26-21-11-7-6-10-19(21)24(29,23(26)28)18-8-4-3-5-9-18/h3-14,29H,15H2,1-2H3,(H,25,27). The summed E-state index contributed by atoms with van der Waals surface area (Å²) in [7, 11) is 0. The van der Waals surface area contributed by atoms with E-state index in [1.54, 1.807) is 48.5 Å². The topological polar surface area (TPSA) is 69.6 Å². The second-order valence-electron chi connectivity index (χ2n) is 7.35. The average Bonchev–Trinajstić information content (AvgIpc) is 2.94. The Morgan fingerprint density at radius 3 is 2.41 bits per heavy atom. The van der Waals surface area contributed by atoms with Crippen LogP contribution in [0.1, 0.15) is 22.3 Å². The Balaban J connectivity index is 1.65. The van der Waals surface area contributed by atoms with Crippen LogP contribution >= 0.6 is 0 Å². The molecular weight excluding hydrogens is 364 g/mol. The van der Waals surface area contributed by atoms with Gasteiger partial charge in [-0.15, -0.1) is 0 Å². The van der Waals surface area contributed by atoms with E-state index in [0.29, 0.717) is 22.5 Å². The van der Waals surface area contributed by atoms with Crippen LogP contribution in [-0.2, 0) is 15.2 Å². The first-order valence-corrected chi connectivity index (χ1v) is 9.47. The van der Waals surface area contributed by atoms with Crippen molar-refractivity contribution in [3.05, 3.63) is 95.1 Å². The lowest BCUT2D eigenvalue weighted by Crippen LogP contribution is -2.44. The summed E-state index contributed by atoms with van der Waals surface area (Å²) < 4.78 is 0. The highest BCUT2D eigenvalue weighted by atomic mass is 16.3. The summed E-state index contributed by atoms with van der Waals surface area (Å²) in [4.78, 5) is 27.4. The molecule has 4 rings (SSSR count). The molecule has 1 heterocycles. The van der Waals surface area contributed by atoms with E-state index < -0.39 is 11.5 Å². The van der Waals surface area contributed by atoms with E-state index in [-0.39, 0.29) is 12.5 Å². The van der Waals surface area contributed by atoms with Gasteiger partial charge in [0, 0.05) is 11.3 Å². The third kappa shape index (κ3) is 3.19. The Morgan fingerprint density at radius 1 is 1.00 bits per heavy atom. The van der Waals surface area contributed by atoms with E-state index >= 15 is 0 Å². The maximum absolute atomic E-state index is 13.3. The monoisotopic (exact) mass is 386 g/mol. The second kappa shape index (κ2) is 7.18. The molecule has 0 spiro atoms. The lowest BCUT2D eigenvalue weighted by Gasteiger charge is -2.23. The number of aliphatic hydroxyl groups is 1. The average molecular weight is 386 g/mol. The molecule has 5 nitrogen and oxygen atoms in total. The van der Waals surface area contributed by atoms with Crippen molar-refractivity contribution >= 4 is 23.2 Å². The van der Waals surface area contributed by atoms with Crippen molar-refractivity contribution in [3.8, 4) is 0 Å². The number of anilines is 2. The summed E-state index contributed by atoms with van der Waals surface area (Å²) in [6, 6.07) is 21.6. The third-order valence-corrected chi connectivity index (χ3v) is 5.29. The van der Waals surface area contributed by atoms with Crippen LogP contribution in [0.25, 0.3) is 0 Å². The zero-order valence-electron chi connectivity index (χ0n) is 16.3. The van der Waals surface area contributed by atoms with Crippen LogP contribution in [0.2, 0.25) is 0 Å². The van der Waals surface area contributed by atoms with E-state index in [4.69, 9.17) is 0 Å². The molecule has 1 aliphatic rings. The van der Waals surface area contributed by atoms with Crippen LogP contribution < -0.4 is 10.2 Å². The predicted octanol–water partition coefficient (Wildman–Crippen LogP) is 3.52. The third-order valence-electron chi connectivity index (χ3n) is 5.29. The largest absolute Gasteiger partial charge is 0.372 e. The van der Waals surface area contributed by atoms with Crippen molar-refractivity contribution in [2.75, 3.05) is 16.8 Å². The number of nitrogens with zero attached hydrogens (tertiary/aromatic N) is 1. The molecule has 5 heteroatoms. The van der Waals surface area contributed by atoms with Gasteiger partial charge in [-0.2, -0.15) is 0 Å². The minimum atomic E-state index is -1.81. The summed E-state index contributed by atoms with van der Waals surface area (Å²) in [6.45, 7) is 3.73. The van der Waals surface area contributed by atoms with Crippen LogP contribution in [-0.4, -0.2) is 23.5 Å². The number of aryl methyl sites for hydroxylation is 2. The van der Waals surface area contributed by atoms with Gasteiger partial charge in [0.1, 0.15) is 6.54 Å². The molecule has 0 bridgehead atoms. The Bertz CT molecular complexity index is 1090. The number of para-hydroxylation sites is 1. The minimum absolute atomic E-state index is 0.182. The normalized spacial score (nSPS) is 17.9. The van der Waals surface area contributed by atoms with Crippen molar-refractivity contribution in [1.29, 1.82) is 0 Å². The van der Waals surface area contributed by atoms with E-state index in [0.717, 1.165) is 11.1 Å². The summed E-state index contributed by atoms with van der Waals surface area (Å²) in [5, 5.41) is 14.3. The Labute approximate surface area is 169 Å². The van der Waals surface area contributed by atoms with Gasteiger partial charge < -0.3 is 10.4 Å². The van der Waals surface area contributed by atoms with E-state index in [1.807, 2.05) is 38.1 Å². The molecule has 0 saturated carbocycles. The summed E-state index contributed by atoms with van der Waals surface area (Å²) in [5.41, 5.74) is 2.46. The molecule has 1 atom stereocenters. The first-order chi connectivity index (χ1) is 13.9. The van der Waals surface area contributed by atoms with Crippen molar-refractivity contribution < 1.29 is 14.7 Å². The maximum Gasteiger partial charge on any atom is 0.268 e. The number of rotatable bonds is 4. The molecule has 29 heavy (non-hydrogen) atoms. The van der Waals surface area contributed by atoms with Crippen molar-refractivity contribution in [1.82, 2.24) is 0 Å². The predicted molar refractivity (Wildman–Crippen MR) is 113 cm³/mol. The first-order valence-electron chi connectivity index (χ1n) is 9.47. The smallest absolute Gasteiger partial charge is 0.268 e. The van der Waals surface area contributed by atoms with Crippen molar-refractivity contribution in [2.24, 2.45) is 0 Å². The molecule has 2 N–H and O–H groups in total. The van der Waals surface area contributed by atoms with Gasteiger partial charge >= 0.3 is 0 Å². The second-order valence-corrected chi connectivity index (χ2v) is 7.35. The maximum atomic E-state index is 13.3. The molecule has 3 aromatic rings. The zero-order valence-corrected chi connectivity index (χ0v) is 16.3. The Kier molecular flexibility index (Phi) is 4.68. The molecule has 1 unspecified atom stereocenters. The first kappa shape index (κ1) is 18.9. The van der Waals surface area contributed by atoms with Crippen molar-refractivity contribution in [3.63, 3.8) is 0 Å². The molecule has 0 saturated heterocycles. The molecule has 2 amide bonds. The van der Waals surface area contributed by atoms with Crippen molar-refractivity contribution in [2.45, 2.75) is 19.4 Å². The Hall–Kier alpha value is -3.44. The van der Waals surface area contributed by atoms with Gasteiger partial charge in [-0.3, -0.25) is 14.5 Å². The molecule has 0 fully saturated rings. The lowest BCUT2D eigenvalue weighted by atomic mass is 9.88. The summed E-state index contributed by atoms with van der Waals surface area (Å²) in [5.74, 6) is -0.849. The number of nitrogens with one attached hydrogen (secondary N) is 1. The molecular formula is C24H22N2O3. The zero-order chi connectivity index (χ0) is 20.6. The van der Waals surface area contributed by atoms with Gasteiger partial charge in [-0.05, 0) is 37.1 Å². The fourth-order valence-corrected chi connectivity index (χ4v) is 3.84. The highest BCUT2D eigenvalue weighted by Crippen LogP contribution is 2.44. The number of hydrogen-bond acceptors (Lipinski definition) is 3. The van der Waals surface area contributed by atoms with Gasteiger partial charge in [0.05, 0.1) is 5.69 Å². The van der Waals surface area contributed by atoms with E-state index in [2.05, 4.69) is 5.32 Å². The molecule has 1 aliphatic heterocycles. The Morgan fingerprint density at radius 2 is 1.69 bits per heavy atom. The quantitative estimate of drug-likeness (QED) is 0.721. The number of carbonyl (C=O) groups is 2. The van der Waals surface area contributed by atoms with Crippen LogP contribution in [0, 0.1) is 13.8 Å². The summed E-state index contributed by atoms with van der Waals surface area (Å²) >= 11 is 0. The number of carbonyl (C=O) groups excluding carboxylic acids is 2. The molecule has 0 aromatic heterocycles. The number of benzene rings is 3. The van der Waals surface area contributed by atoms with Crippen LogP contribution in [0.15, 0.2) is 72.8 Å². The molecule has 0 radical (unpaired) electrons. The fraction of sp³-hybridized carbons (Fsp3) is 0.167. The van der Waals surface area contributed by atoms with Crippen LogP contribution in [0.5, 0.6) is 0 Å². The number of fused-ring (bicyclic) bond motifs is 1. The van der Waals surface area contributed by atoms with E-state index in [9.17, 15) is 14.7 Å². The lowest BCUT2D eigenvalue weighted by molar-refractivity contribution is -0.133. The van der Waals surface area contributed by atoms with E-state index in [1.165, 1.54) is 4.90 Å².